The summed E-state index contributed by atoms with van der Waals surface area (Å²) in [7, 11) is 0. The van der Waals surface area contributed by atoms with Gasteiger partial charge in [0.1, 0.15) is 13.1 Å². The summed E-state index contributed by atoms with van der Waals surface area (Å²) in [5.41, 5.74) is 0.501. The summed E-state index contributed by atoms with van der Waals surface area (Å²) in [4.78, 5) is 13.5. The van der Waals surface area contributed by atoms with Gasteiger partial charge >= 0.3 is 0 Å². The number of ether oxygens (including phenoxy) is 1. The van der Waals surface area contributed by atoms with Gasteiger partial charge in [0.05, 0.1) is 19.8 Å². The summed E-state index contributed by atoms with van der Waals surface area (Å²) >= 11 is 11.8. The number of carbonyl (C=O) groups excluding carboxylic acids is 1. The molecule has 0 bridgehead atoms. The molecule has 0 unspecified atom stereocenters. The van der Waals surface area contributed by atoms with Crippen molar-refractivity contribution in [3.63, 3.8) is 0 Å². The molecule has 1 aliphatic heterocycles. The van der Waals surface area contributed by atoms with Gasteiger partial charge in [-0.25, -0.2) is 0 Å². The van der Waals surface area contributed by atoms with Crippen LogP contribution < -0.4 is 10.2 Å². The third-order valence-electron chi connectivity index (χ3n) is 3.32. The van der Waals surface area contributed by atoms with Crippen molar-refractivity contribution in [3.8, 4) is 0 Å². The molecule has 6 heteroatoms. The Labute approximate surface area is 129 Å². The van der Waals surface area contributed by atoms with Crippen molar-refractivity contribution in [3.05, 3.63) is 33.8 Å². The number of benzene rings is 1. The number of hydrogen-bond donors (Lipinski definition) is 2. The van der Waals surface area contributed by atoms with Crippen molar-refractivity contribution < 1.29 is 14.4 Å². The van der Waals surface area contributed by atoms with Gasteiger partial charge in [0.15, 0.2) is 0 Å². The third-order valence-corrected chi connectivity index (χ3v) is 3.75. The molecule has 0 atom stereocenters. The van der Waals surface area contributed by atoms with Gasteiger partial charge in [0.2, 0.25) is 0 Å². The molecule has 1 aromatic rings. The largest absolute Gasteiger partial charge is 0.370 e. The van der Waals surface area contributed by atoms with Gasteiger partial charge in [0.25, 0.3) is 5.91 Å². The molecule has 1 heterocycles. The molecule has 4 nitrogen and oxygen atoms in total. The summed E-state index contributed by atoms with van der Waals surface area (Å²) in [6.45, 7) is 5.49. The normalized spacial score (nSPS) is 16.1. The molecule has 1 fully saturated rings. The molecule has 110 valence electrons. The van der Waals surface area contributed by atoms with Crippen molar-refractivity contribution in [1.82, 2.24) is 5.32 Å². The number of rotatable bonds is 5. The molecular weight excluding hydrogens is 299 g/mol. The fourth-order valence-electron chi connectivity index (χ4n) is 2.24. The van der Waals surface area contributed by atoms with E-state index in [-0.39, 0.29) is 5.91 Å². The van der Waals surface area contributed by atoms with Crippen molar-refractivity contribution in [2.24, 2.45) is 0 Å². The van der Waals surface area contributed by atoms with Crippen molar-refractivity contribution in [2.75, 3.05) is 39.4 Å². The minimum absolute atomic E-state index is 0.133. The average Bonchev–Trinajstić information content (AvgIpc) is 2.43. The molecular formula is C14H19Cl2N2O2+. The zero-order valence-electron chi connectivity index (χ0n) is 11.3. The predicted octanol–water partition coefficient (Wildman–Crippen LogP) is 1.03. The maximum atomic E-state index is 11.9. The van der Waals surface area contributed by atoms with Gasteiger partial charge < -0.3 is 15.0 Å². The molecule has 1 saturated heterocycles. The van der Waals surface area contributed by atoms with Crippen molar-refractivity contribution in [1.29, 1.82) is 0 Å². The Balaban J connectivity index is 1.71. The average molecular weight is 318 g/mol. The Morgan fingerprint density at radius 1 is 1.20 bits per heavy atom. The first-order chi connectivity index (χ1) is 9.65. The maximum Gasteiger partial charge on any atom is 0.251 e. The second kappa shape index (κ2) is 7.84. The lowest BCUT2D eigenvalue weighted by molar-refractivity contribution is -0.908. The van der Waals surface area contributed by atoms with Crippen LogP contribution in [0.15, 0.2) is 18.2 Å². The molecule has 1 aromatic carbocycles. The zero-order valence-corrected chi connectivity index (χ0v) is 12.8. The molecule has 2 rings (SSSR count). The van der Waals surface area contributed by atoms with E-state index >= 15 is 0 Å². The van der Waals surface area contributed by atoms with Gasteiger partial charge in [0, 0.05) is 28.6 Å². The summed E-state index contributed by atoms with van der Waals surface area (Å²) in [5, 5.41) is 3.84. The Bertz CT molecular complexity index is 442. The first kappa shape index (κ1) is 15.6. The minimum atomic E-state index is -0.133. The Morgan fingerprint density at radius 2 is 1.85 bits per heavy atom. The third kappa shape index (κ3) is 4.94. The van der Waals surface area contributed by atoms with Crippen LogP contribution in [0.3, 0.4) is 0 Å². The summed E-state index contributed by atoms with van der Waals surface area (Å²) in [5.74, 6) is -0.133. The minimum Gasteiger partial charge on any atom is -0.370 e. The summed E-state index contributed by atoms with van der Waals surface area (Å²) < 4.78 is 5.31. The van der Waals surface area contributed by atoms with E-state index in [1.54, 1.807) is 18.2 Å². The van der Waals surface area contributed by atoms with Crippen LogP contribution in [0.4, 0.5) is 0 Å². The number of quaternary nitrogens is 1. The molecule has 0 aliphatic carbocycles. The molecule has 0 saturated carbocycles. The van der Waals surface area contributed by atoms with E-state index in [2.05, 4.69) is 5.32 Å². The van der Waals surface area contributed by atoms with Crippen LogP contribution in [-0.4, -0.2) is 45.3 Å². The van der Waals surface area contributed by atoms with Crippen LogP contribution >= 0.6 is 23.2 Å². The number of carbonyl (C=O) groups is 1. The number of halogens is 2. The van der Waals surface area contributed by atoms with E-state index in [1.807, 2.05) is 0 Å². The second-order valence-electron chi connectivity index (χ2n) is 4.88. The van der Waals surface area contributed by atoms with E-state index < -0.39 is 0 Å². The van der Waals surface area contributed by atoms with E-state index in [1.165, 1.54) is 4.90 Å². The van der Waals surface area contributed by atoms with Crippen molar-refractivity contribution in [2.45, 2.75) is 6.42 Å². The lowest BCUT2D eigenvalue weighted by Crippen LogP contribution is -3.14. The van der Waals surface area contributed by atoms with E-state index in [0.717, 1.165) is 39.3 Å². The fraction of sp³-hybridized carbons (Fsp3) is 0.500. The van der Waals surface area contributed by atoms with Crippen LogP contribution in [0.2, 0.25) is 10.0 Å². The highest BCUT2D eigenvalue weighted by Gasteiger charge is 2.13. The van der Waals surface area contributed by atoms with E-state index in [0.29, 0.717) is 22.2 Å². The maximum absolute atomic E-state index is 11.9. The van der Waals surface area contributed by atoms with E-state index in [4.69, 9.17) is 27.9 Å². The Morgan fingerprint density at radius 3 is 2.50 bits per heavy atom. The lowest BCUT2D eigenvalue weighted by atomic mass is 10.2. The second-order valence-corrected chi connectivity index (χ2v) is 5.75. The zero-order chi connectivity index (χ0) is 14.4. The number of amides is 1. The van der Waals surface area contributed by atoms with Gasteiger partial charge in [-0.15, -0.1) is 0 Å². The summed E-state index contributed by atoms with van der Waals surface area (Å²) in [6, 6.07) is 4.85. The molecule has 0 radical (unpaired) electrons. The molecule has 0 aromatic heterocycles. The first-order valence-corrected chi connectivity index (χ1v) is 7.56. The molecule has 2 N–H and O–H groups in total. The SMILES string of the molecule is O=C(NCCC[NH+]1CCOCC1)c1cc(Cl)cc(Cl)c1. The Kier molecular flexibility index (Phi) is 6.10. The van der Waals surface area contributed by atoms with Crippen LogP contribution in [0.5, 0.6) is 0 Å². The topological polar surface area (TPSA) is 42.8 Å². The van der Waals surface area contributed by atoms with Crippen LogP contribution in [0, 0.1) is 0 Å². The molecule has 0 spiro atoms. The molecule has 1 amide bonds. The van der Waals surface area contributed by atoms with Crippen LogP contribution in [0.1, 0.15) is 16.8 Å². The standard InChI is InChI=1S/C14H18Cl2N2O2/c15-12-8-11(9-13(16)10-12)14(19)17-2-1-3-18-4-6-20-7-5-18/h8-10H,1-7H2,(H,17,19)/p+1. The van der Waals surface area contributed by atoms with Gasteiger partial charge in [-0.1, -0.05) is 23.2 Å². The lowest BCUT2D eigenvalue weighted by Gasteiger charge is -2.23. The van der Waals surface area contributed by atoms with Gasteiger partial charge in [-0.3, -0.25) is 4.79 Å². The van der Waals surface area contributed by atoms with E-state index in [9.17, 15) is 4.79 Å². The predicted molar refractivity (Wildman–Crippen MR) is 79.8 cm³/mol. The van der Waals surface area contributed by atoms with Crippen molar-refractivity contribution >= 4 is 29.1 Å². The first-order valence-electron chi connectivity index (χ1n) is 6.81. The van der Waals surface area contributed by atoms with Gasteiger partial charge in [-0.05, 0) is 18.2 Å². The fourth-order valence-corrected chi connectivity index (χ4v) is 2.76. The smallest absolute Gasteiger partial charge is 0.251 e. The number of morpholine rings is 1. The highest BCUT2D eigenvalue weighted by Crippen LogP contribution is 2.18. The molecule has 1 aliphatic rings. The van der Waals surface area contributed by atoms with Gasteiger partial charge in [-0.2, -0.15) is 0 Å². The number of nitrogens with one attached hydrogen (secondary N) is 2. The Hall–Kier alpha value is -0.810. The van der Waals surface area contributed by atoms with Crippen LogP contribution in [-0.2, 0) is 4.74 Å². The highest BCUT2D eigenvalue weighted by molar-refractivity contribution is 6.35. The number of hydrogen-bond acceptors (Lipinski definition) is 2. The van der Waals surface area contributed by atoms with Crippen LogP contribution in [0.25, 0.3) is 0 Å². The summed E-state index contributed by atoms with van der Waals surface area (Å²) in [6.07, 6.45) is 0.954. The highest BCUT2D eigenvalue weighted by atomic mass is 35.5. The monoisotopic (exact) mass is 317 g/mol. The quantitative estimate of drug-likeness (QED) is 0.797. The molecule has 20 heavy (non-hydrogen) atoms.